The van der Waals surface area contributed by atoms with E-state index in [-0.39, 0.29) is 6.03 Å². The molecule has 1 aromatic rings. The molecule has 1 atom stereocenters. The van der Waals surface area contributed by atoms with Crippen LogP contribution in [0.15, 0.2) is 24.3 Å². The minimum absolute atomic E-state index is 0.0916. The highest BCUT2D eigenvalue weighted by atomic mass is 16.2. The van der Waals surface area contributed by atoms with Crippen molar-refractivity contribution in [3.05, 3.63) is 29.8 Å². The summed E-state index contributed by atoms with van der Waals surface area (Å²) in [5.74, 6) is 0. The predicted molar refractivity (Wildman–Crippen MR) is 83.1 cm³/mol. The number of benzene rings is 1. The number of rotatable bonds is 4. The van der Waals surface area contributed by atoms with Crippen LogP contribution in [0.4, 0.5) is 10.5 Å². The Kier molecular flexibility index (Phi) is 5.01. The molecule has 4 nitrogen and oxygen atoms in total. The third-order valence-electron chi connectivity index (χ3n) is 3.92. The number of anilines is 1. The Morgan fingerprint density at radius 2 is 2.15 bits per heavy atom. The number of nitrogens with one attached hydrogen (secondary N) is 1. The van der Waals surface area contributed by atoms with Crippen LogP contribution in [0.3, 0.4) is 0 Å². The van der Waals surface area contributed by atoms with Crippen LogP contribution in [-0.4, -0.2) is 37.6 Å². The highest BCUT2D eigenvalue weighted by Crippen LogP contribution is 2.34. The van der Waals surface area contributed by atoms with Crippen LogP contribution in [0.25, 0.3) is 0 Å². The molecule has 110 valence electrons. The molecule has 4 heteroatoms. The van der Waals surface area contributed by atoms with E-state index in [9.17, 15) is 4.79 Å². The highest BCUT2D eigenvalue weighted by Gasteiger charge is 2.29. The molecule has 20 heavy (non-hydrogen) atoms. The maximum absolute atomic E-state index is 12.4. The van der Waals surface area contributed by atoms with Crippen LogP contribution in [0.5, 0.6) is 0 Å². The zero-order chi connectivity index (χ0) is 14.5. The largest absolute Gasteiger partial charge is 0.328 e. The van der Waals surface area contributed by atoms with Crippen LogP contribution < -0.4 is 10.2 Å². The van der Waals surface area contributed by atoms with E-state index in [0.29, 0.717) is 6.04 Å². The Bertz CT molecular complexity index is 461. The van der Waals surface area contributed by atoms with Gasteiger partial charge in [-0.05, 0) is 37.9 Å². The molecule has 1 N–H and O–H groups in total. The van der Waals surface area contributed by atoms with E-state index >= 15 is 0 Å². The maximum Gasteiger partial charge on any atom is 0.324 e. The Morgan fingerprint density at radius 3 is 2.85 bits per heavy atom. The molecule has 2 rings (SSSR count). The van der Waals surface area contributed by atoms with E-state index in [0.717, 1.165) is 38.2 Å². The third kappa shape index (κ3) is 2.96. The van der Waals surface area contributed by atoms with Gasteiger partial charge in [0.1, 0.15) is 0 Å². The minimum Gasteiger partial charge on any atom is -0.328 e. The standard InChI is InChI=1S/C16H25N3O/c1-4-11-17-14-10-12-19(16(20)18(3)5-2)15-9-7-6-8-13(14)15/h6-9,14,17H,4-5,10-12H2,1-3H3. The van der Waals surface area contributed by atoms with Gasteiger partial charge in [-0.3, -0.25) is 4.90 Å². The Balaban J connectivity index is 2.24. The number of carbonyl (C=O) groups is 1. The zero-order valence-corrected chi connectivity index (χ0v) is 12.7. The predicted octanol–water partition coefficient (Wildman–Crippen LogP) is 3.01. The summed E-state index contributed by atoms with van der Waals surface area (Å²) in [6.07, 6.45) is 2.10. The second kappa shape index (κ2) is 6.75. The van der Waals surface area contributed by atoms with Gasteiger partial charge in [-0.2, -0.15) is 0 Å². The quantitative estimate of drug-likeness (QED) is 0.917. The molecular formula is C16H25N3O. The summed E-state index contributed by atoms with van der Waals surface area (Å²) in [6, 6.07) is 8.70. The molecule has 2 amide bonds. The number of amides is 2. The number of urea groups is 1. The second-order valence-electron chi connectivity index (χ2n) is 5.30. The van der Waals surface area contributed by atoms with Gasteiger partial charge < -0.3 is 10.2 Å². The van der Waals surface area contributed by atoms with E-state index in [1.807, 2.05) is 24.9 Å². The monoisotopic (exact) mass is 275 g/mol. The van der Waals surface area contributed by atoms with Crippen molar-refractivity contribution < 1.29 is 4.79 Å². The summed E-state index contributed by atoms with van der Waals surface area (Å²) in [4.78, 5) is 16.1. The van der Waals surface area contributed by atoms with Crippen molar-refractivity contribution in [2.75, 3.05) is 31.6 Å². The first-order valence-electron chi connectivity index (χ1n) is 7.54. The Labute approximate surface area is 121 Å². The molecule has 1 aliphatic heterocycles. The second-order valence-corrected chi connectivity index (χ2v) is 5.30. The van der Waals surface area contributed by atoms with Crippen molar-refractivity contribution in [2.24, 2.45) is 0 Å². The molecular weight excluding hydrogens is 250 g/mol. The van der Waals surface area contributed by atoms with Gasteiger partial charge in [0.25, 0.3) is 0 Å². The molecule has 0 radical (unpaired) electrons. The first-order valence-corrected chi connectivity index (χ1v) is 7.54. The summed E-state index contributed by atoms with van der Waals surface area (Å²) < 4.78 is 0. The number of hydrogen-bond donors (Lipinski definition) is 1. The lowest BCUT2D eigenvalue weighted by Gasteiger charge is -2.36. The topological polar surface area (TPSA) is 35.6 Å². The first-order chi connectivity index (χ1) is 9.69. The lowest BCUT2D eigenvalue weighted by Crippen LogP contribution is -2.45. The van der Waals surface area contributed by atoms with Gasteiger partial charge in [-0.1, -0.05) is 25.1 Å². The molecule has 0 saturated carbocycles. The number of fused-ring (bicyclic) bond motifs is 1. The zero-order valence-electron chi connectivity index (χ0n) is 12.7. The minimum atomic E-state index is 0.0916. The number of nitrogens with zero attached hydrogens (tertiary/aromatic N) is 2. The molecule has 0 saturated heterocycles. The van der Waals surface area contributed by atoms with Crippen molar-refractivity contribution in [1.29, 1.82) is 0 Å². The number of carbonyl (C=O) groups excluding carboxylic acids is 1. The molecule has 1 aromatic carbocycles. The Hall–Kier alpha value is -1.55. The van der Waals surface area contributed by atoms with E-state index in [1.54, 1.807) is 4.90 Å². The Morgan fingerprint density at radius 1 is 1.40 bits per heavy atom. The van der Waals surface area contributed by atoms with Crippen LogP contribution in [0.2, 0.25) is 0 Å². The average Bonchev–Trinajstić information content (AvgIpc) is 2.51. The van der Waals surface area contributed by atoms with E-state index in [1.165, 1.54) is 5.56 Å². The summed E-state index contributed by atoms with van der Waals surface area (Å²) >= 11 is 0. The highest BCUT2D eigenvalue weighted by molar-refractivity contribution is 5.93. The van der Waals surface area contributed by atoms with Crippen LogP contribution >= 0.6 is 0 Å². The molecule has 0 aliphatic carbocycles. The van der Waals surface area contributed by atoms with Gasteiger partial charge >= 0.3 is 6.03 Å². The van der Waals surface area contributed by atoms with Crippen molar-refractivity contribution in [1.82, 2.24) is 10.2 Å². The van der Waals surface area contributed by atoms with Gasteiger partial charge in [-0.25, -0.2) is 4.79 Å². The van der Waals surface area contributed by atoms with Crippen LogP contribution in [-0.2, 0) is 0 Å². The summed E-state index contributed by atoms with van der Waals surface area (Å²) in [6.45, 7) is 6.70. The molecule has 0 spiro atoms. The van der Waals surface area contributed by atoms with E-state index in [4.69, 9.17) is 0 Å². The fourth-order valence-corrected chi connectivity index (χ4v) is 2.63. The molecule has 0 bridgehead atoms. The number of hydrogen-bond acceptors (Lipinski definition) is 2. The van der Waals surface area contributed by atoms with Crippen molar-refractivity contribution in [2.45, 2.75) is 32.7 Å². The fraction of sp³-hybridized carbons (Fsp3) is 0.562. The molecule has 0 fully saturated rings. The van der Waals surface area contributed by atoms with Crippen LogP contribution in [0.1, 0.15) is 38.3 Å². The summed E-state index contributed by atoms with van der Waals surface area (Å²) in [7, 11) is 1.85. The normalized spacial score (nSPS) is 17.8. The SMILES string of the molecule is CCCNC1CCN(C(=O)N(C)CC)c2ccccc21. The van der Waals surface area contributed by atoms with Crippen molar-refractivity contribution >= 4 is 11.7 Å². The van der Waals surface area contributed by atoms with Crippen LogP contribution in [0, 0.1) is 0 Å². The molecule has 1 unspecified atom stereocenters. The lowest BCUT2D eigenvalue weighted by atomic mass is 9.96. The average molecular weight is 275 g/mol. The number of para-hydroxylation sites is 1. The summed E-state index contributed by atoms with van der Waals surface area (Å²) in [5, 5.41) is 3.58. The fourth-order valence-electron chi connectivity index (χ4n) is 2.63. The molecule has 1 aliphatic rings. The first kappa shape index (κ1) is 14.9. The van der Waals surface area contributed by atoms with E-state index in [2.05, 4.69) is 30.4 Å². The van der Waals surface area contributed by atoms with Gasteiger partial charge in [0.05, 0.1) is 5.69 Å². The molecule has 1 heterocycles. The van der Waals surface area contributed by atoms with Crippen molar-refractivity contribution in [3.8, 4) is 0 Å². The third-order valence-corrected chi connectivity index (χ3v) is 3.92. The van der Waals surface area contributed by atoms with Gasteiger partial charge in [-0.15, -0.1) is 0 Å². The van der Waals surface area contributed by atoms with Crippen molar-refractivity contribution in [3.63, 3.8) is 0 Å². The maximum atomic E-state index is 12.4. The summed E-state index contributed by atoms with van der Waals surface area (Å²) in [5.41, 5.74) is 2.29. The smallest absolute Gasteiger partial charge is 0.324 e. The van der Waals surface area contributed by atoms with E-state index < -0.39 is 0 Å². The van der Waals surface area contributed by atoms with Gasteiger partial charge in [0.2, 0.25) is 0 Å². The lowest BCUT2D eigenvalue weighted by molar-refractivity contribution is 0.216. The molecule has 0 aromatic heterocycles. The van der Waals surface area contributed by atoms with Gasteiger partial charge in [0, 0.05) is 26.2 Å². The van der Waals surface area contributed by atoms with Gasteiger partial charge in [0.15, 0.2) is 0 Å².